The molecule has 4 aromatic rings. The second kappa shape index (κ2) is 7.35. The van der Waals surface area contributed by atoms with Crippen LogP contribution < -0.4 is 10.5 Å². The standard InChI is InChI=1S/C25H21N7O/c1-31-25-21(22(30-31)16-8-10-28-11-9-16)20(19(14-26)23(27)33-25)15-4-6-18(7-5-15)32-13-12-29-24(32)17-2-3-17/h4-13,17,20H,2-3,27H2,1H3. The van der Waals surface area contributed by atoms with Crippen LogP contribution >= 0.6 is 0 Å². The van der Waals surface area contributed by atoms with Gasteiger partial charge in [-0.05, 0) is 42.7 Å². The third-order valence-corrected chi connectivity index (χ3v) is 6.27. The number of rotatable bonds is 4. The van der Waals surface area contributed by atoms with Gasteiger partial charge < -0.3 is 15.0 Å². The Hall–Kier alpha value is -4.38. The number of hydrogen-bond acceptors (Lipinski definition) is 6. The number of nitrogens with two attached hydrogens (primary N) is 1. The van der Waals surface area contributed by atoms with Crippen LogP contribution in [0.3, 0.4) is 0 Å². The fourth-order valence-corrected chi connectivity index (χ4v) is 4.53. The zero-order valence-electron chi connectivity index (χ0n) is 18.0. The minimum Gasteiger partial charge on any atom is -0.422 e. The first-order valence-corrected chi connectivity index (χ1v) is 10.8. The normalized spacial score (nSPS) is 17.4. The van der Waals surface area contributed by atoms with E-state index >= 15 is 0 Å². The molecule has 0 amide bonds. The van der Waals surface area contributed by atoms with Gasteiger partial charge in [0.05, 0.1) is 11.5 Å². The summed E-state index contributed by atoms with van der Waals surface area (Å²) >= 11 is 0. The van der Waals surface area contributed by atoms with Crippen molar-refractivity contribution < 1.29 is 4.74 Å². The Balaban J connectivity index is 1.48. The first-order chi connectivity index (χ1) is 16.2. The second-order valence-corrected chi connectivity index (χ2v) is 8.37. The number of ether oxygens (including phenoxy) is 1. The van der Waals surface area contributed by atoms with E-state index < -0.39 is 5.92 Å². The number of pyridine rings is 1. The summed E-state index contributed by atoms with van der Waals surface area (Å²) in [6.45, 7) is 0. The predicted molar refractivity (Wildman–Crippen MR) is 121 cm³/mol. The van der Waals surface area contributed by atoms with Crippen LogP contribution in [0.1, 0.15) is 41.6 Å². The van der Waals surface area contributed by atoms with Crippen molar-refractivity contribution in [1.29, 1.82) is 5.26 Å². The number of nitriles is 1. The van der Waals surface area contributed by atoms with Crippen LogP contribution in [0, 0.1) is 11.3 Å². The molecule has 6 rings (SSSR count). The summed E-state index contributed by atoms with van der Waals surface area (Å²) in [6, 6.07) is 14.3. The highest BCUT2D eigenvalue weighted by Crippen LogP contribution is 2.46. The van der Waals surface area contributed by atoms with Gasteiger partial charge in [-0.15, -0.1) is 0 Å². The van der Waals surface area contributed by atoms with E-state index in [-0.39, 0.29) is 5.88 Å². The zero-order valence-corrected chi connectivity index (χ0v) is 18.0. The molecule has 1 aliphatic heterocycles. The molecule has 8 heteroatoms. The van der Waals surface area contributed by atoms with E-state index in [9.17, 15) is 5.26 Å². The van der Waals surface area contributed by atoms with E-state index in [0.717, 1.165) is 33.9 Å². The van der Waals surface area contributed by atoms with Crippen molar-refractivity contribution in [2.45, 2.75) is 24.7 Å². The fraction of sp³-hybridized carbons (Fsp3) is 0.200. The molecule has 0 bridgehead atoms. The van der Waals surface area contributed by atoms with Gasteiger partial charge in [0.15, 0.2) is 0 Å². The van der Waals surface area contributed by atoms with E-state index in [4.69, 9.17) is 15.6 Å². The van der Waals surface area contributed by atoms with E-state index in [0.29, 0.717) is 17.4 Å². The summed E-state index contributed by atoms with van der Waals surface area (Å²) < 4.78 is 9.66. The molecule has 0 saturated heterocycles. The lowest BCUT2D eigenvalue weighted by atomic mass is 9.83. The van der Waals surface area contributed by atoms with Crippen molar-refractivity contribution in [2.75, 3.05) is 0 Å². The summed E-state index contributed by atoms with van der Waals surface area (Å²) in [5.41, 5.74) is 11.0. The molecular formula is C25H21N7O. The average Bonchev–Trinajstić information content (AvgIpc) is 3.49. The Morgan fingerprint density at radius 2 is 1.85 bits per heavy atom. The first-order valence-electron chi connectivity index (χ1n) is 10.8. The topological polar surface area (TPSA) is 108 Å². The van der Waals surface area contributed by atoms with Crippen LogP contribution in [0.15, 0.2) is 72.6 Å². The van der Waals surface area contributed by atoms with Crippen LogP contribution in [-0.4, -0.2) is 24.3 Å². The number of hydrogen-bond donors (Lipinski definition) is 1. The zero-order chi connectivity index (χ0) is 22.5. The minimum atomic E-state index is -0.393. The molecule has 162 valence electrons. The number of aromatic nitrogens is 5. The van der Waals surface area contributed by atoms with Crippen LogP contribution in [0.4, 0.5) is 0 Å². The minimum absolute atomic E-state index is 0.106. The molecule has 1 aromatic carbocycles. The second-order valence-electron chi connectivity index (χ2n) is 8.37. The Morgan fingerprint density at radius 3 is 2.55 bits per heavy atom. The molecule has 1 aliphatic carbocycles. The van der Waals surface area contributed by atoms with Gasteiger partial charge in [0.25, 0.3) is 0 Å². The molecule has 1 unspecified atom stereocenters. The van der Waals surface area contributed by atoms with Gasteiger partial charge in [-0.1, -0.05) is 12.1 Å². The van der Waals surface area contributed by atoms with Crippen LogP contribution in [0.2, 0.25) is 0 Å². The molecule has 8 nitrogen and oxygen atoms in total. The highest BCUT2D eigenvalue weighted by atomic mass is 16.5. The van der Waals surface area contributed by atoms with Crippen molar-refractivity contribution in [3.63, 3.8) is 0 Å². The maximum Gasteiger partial charge on any atom is 0.224 e. The molecule has 2 N–H and O–H groups in total. The molecule has 1 saturated carbocycles. The quantitative estimate of drug-likeness (QED) is 0.523. The molecule has 33 heavy (non-hydrogen) atoms. The van der Waals surface area contributed by atoms with E-state index in [1.54, 1.807) is 17.1 Å². The highest BCUT2D eigenvalue weighted by molar-refractivity contribution is 5.71. The van der Waals surface area contributed by atoms with Crippen molar-refractivity contribution in [2.24, 2.45) is 12.8 Å². The lowest BCUT2D eigenvalue weighted by Gasteiger charge is -2.25. The predicted octanol–water partition coefficient (Wildman–Crippen LogP) is 3.76. The lowest BCUT2D eigenvalue weighted by Crippen LogP contribution is -2.21. The van der Waals surface area contributed by atoms with Crippen LogP contribution in [-0.2, 0) is 7.05 Å². The maximum atomic E-state index is 9.98. The average molecular weight is 435 g/mol. The monoisotopic (exact) mass is 435 g/mol. The summed E-state index contributed by atoms with van der Waals surface area (Å²) in [5.74, 6) is 1.90. The molecular weight excluding hydrogens is 414 g/mol. The summed E-state index contributed by atoms with van der Waals surface area (Å²) in [7, 11) is 1.81. The molecule has 0 radical (unpaired) electrons. The number of fused-ring (bicyclic) bond motifs is 1. The van der Waals surface area contributed by atoms with Crippen LogP contribution in [0.25, 0.3) is 16.9 Å². The SMILES string of the molecule is Cn1nc(-c2ccncc2)c2c1OC(N)=C(C#N)C2c1ccc(-n2ccnc2C2CC2)cc1. The fourth-order valence-electron chi connectivity index (χ4n) is 4.53. The van der Waals surface area contributed by atoms with Gasteiger partial charge in [-0.25, -0.2) is 9.67 Å². The summed E-state index contributed by atoms with van der Waals surface area (Å²) in [6.07, 6.45) is 9.67. The highest BCUT2D eigenvalue weighted by Gasteiger charge is 2.36. The Bertz CT molecular complexity index is 1420. The van der Waals surface area contributed by atoms with Crippen molar-refractivity contribution in [3.8, 4) is 28.9 Å². The smallest absolute Gasteiger partial charge is 0.224 e. The van der Waals surface area contributed by atoms with Crippen LogP contribution in [0.5, 0.6) is 5.88 Å². The lowest BCUT2D eigenvalue weighted by molar-refractivity contribution is 0.358. The maximum absolute atomic E-state index is 9.98. The number of aryl methyl sites for hydroxylation is 1. The Morgan fingerprint density at radius 1 is 1.09 bits per heavy atom. The van der Waals surface area contributed by atoms with Crippen molar-refractivity contribution >= 4 is 0 Å². The molecule has 1 fully saturated rings. The Kier molecular flexibility index (Phi) is 4.30. The van der Waals surface area contributed by atoms with Gasteiger partial charge in [0.2, 0.25) is 11.8 Å². The number of imidazole rings is 1. The van der Waals surface area contributed by atoms with Gasteiger partial charge in [-0.3, -0.25) is 4.98 Å². The molecule has 4 heterocycles. The van der Waals surface area contributed by atoms with Gasteiger partial charge in [0, 0.05) is 49.0 Å². The van der Waals surface area contributed by atoms with Crippen molar-refractivity contribution in [1.82, 2.24) is 24.3 Å². The molecule has 3 aromatic heterocycles. The first kappa shape index (κ1) is 19.3. The third kappa shape index (κ3) is 3.09. The molecule has 0 spiro atoms. The number of benzene rings is 1. The Labute approximate surface area is 190 Å². The van der Waals surface area contributed by atoms with Crippen molar-refractivity contribution in [3.05, 3.63) is 89.6 Å². The van der Waals surface area contributed by atoms with Gasteiger partial charge in [-0.2, -0.15) is 10.4 Å². The van der Waals surface area contributed by atoms with E-state index in [1.165, 1.54) is 12.8 Å². The largest absolute Gasteiger partial charge is 0.422 e. The summed E-state index contributed by atoms with van der Waals surface area (Å²) in [5, 5.41) is 14.7. The third-order valence-electron chi connectivity index (χ3n) is 6.27. The van der Waals surface area contributed by atoms with Gasteiger partial charge >= 0.3 is 0 Å². The summed E-state index contributed by atoms with van der Waals surface area (Å²) in [4.78, 5) is 8.66. The molecule has 1 atom stereocenters. The van der Waals surface area contributed by atoms with E-state index in [1.807, 2.05) is 43.7 Å². The number of allylic oxidation sites excluding steroid dienone is 1. The van der Waals surface area contributed by atoms with Gasteiger partial charge in [0.1, 0.15) is 23.2 Å². The number of nitrogens with zero attached hydrogens (tertiary/aromatic N) is 6. The molecule has 2 aliphatic rings. The van der Waals surface area contributed by atoms with E-state index in [2.05, 4.69) is 32.7 Å².